The molecular weight excluding hydrogens is 384 g/mol. The van der Waals surface area contributed by atoms with Crippen molar-refractivity contribution in [3.8, 4) is 5.69 Å². The first-order chi connectivity index (χ1) is 14.3. The third-order valence-electron chi connectivity index (χ3n) is 4.88. The maximum absolute atomic E-state index is 12.4. The molecule has 150 valence electrons. The SMILES string of the molecule is O=C(/C=C/c1cnn(-c2ccccc2)c1)NCC(c1cccs1)N1CCOCC1. The number of nitrogens with zero attached hydrogens (tertiary/aromatic N) is 3. The van der Waals surface area contributed by atoms with Gasteiger partial charge in [-0.05, 0) is 29.7 Å². The minimum Gasteiger partial charge on any atom is -0.379 e. The van der Waals surface area contributed by atoms with E-state index in [4.69, 9.17) is 4.74 Å². The zero-order valence-corrected chi connectivity index (χ0v) is 16.9. The average molecular weight is 409 g/mol. The minimum atomic E-state index is -0.104. The smallest absolute Gasteiger partial charge is 0.244 e. The Labute approximate surface area is 174 Å². The topological polar surface area (TPSA) is 59.4 Å². The molecule has 6 nitrogen and oxygen atoms in total. The van der Waals surface area contributed by atoms with Crippen LogP contribution in [0.15, 0.2) is 66.3 Å². The van der Waals surface area contributed by atoms with Crippen molar-refractivity contribution in [2.75, 3.05) is 32.8 Å². The van der Waals surface area contributed by atoms with Crippen molar-refractivity contribution in [2.24, 2.45) is 0 Å². The van der Waals surface area contributed by atoms with E-state index in [0.29, 0.717) is 6.54 Å². The summed E-state index contributed by atoms with van der Waals surface area (Å²) in [6.07, 6.45) is 7.01. The molecule has 1 unspecified atom stereocenters. The molecule has 2 aromatic heterocycles. The van der Waals surface area contributed by atoms with Gasteiger partial charge in [0.05, 0.1) is 31.1 Å². The number of morpholine rings is 1. The Hall–Kier alpha value is -2.74. The fourth-order valence-corrected chi connectivity index (χ4v) is 4.21. The first kappa shape index (κ1) is 19.6. The van der Waals surface area contributed by atoms with Crippen molar-refractivity contribution in [2.45, 2.75) is 6.04 Å². The molecule has 0 radical (unpaired) electrons. The minimum absolute atomic E-state index is 0.104. The molecule has 29 heavy (non-hydrogen) atoms. The molecule has 1 atom stereocenters. The predicted octanol–water partition coefficient (Wildman–Crippen LogP) is 3.14. The van der Waals surface area contributed by atoms with Crippen LogP contribution in [0, 0.1) is 0 Å². The van der Waals surface area contributed by atoms with E-state index in [9.17, 15) is 4.79 Å². The Kier molecular flexibility index (Phi) is 6.51. The predicted molar refractivity (Wildman–Crippen MR) is 115 cm³/mol. The van der Waals surface area contributed by atoms with Gasteiger partial charge in [-0.3, -0.25) is 9.69 Å². The Bertz CT molecular complexity index is 931. The van der Waals surface area contributed by atoms with Crippen molar-refractivity contribution in [3.05, 3.63) is 76.8 Å². The highest BCUT2D eigenvalue weighted by Crippen LogP contribution is 2.25. The van der Waals surface area contributed by atoms with Crippen LogP contribution in [-0.2, 0) is 9.53 Å². The molecule has 0 saturated carbocycles. The number of aromatic nitrogens is 2. The van der Waals surface area contributed by atoms with Gasteiger partial charge in [0.25, 0.3) is 0 Å². The van der Waals surface area contributed by atoms with Gasteiger partial charge < -0.3 is 10.1 Å². The zero-order valence-electron chi connectivity index (χ0n) is 16.1. The Morgan fingerprint density at radius 2 is 2.03 bits per heavy atom. The van der Waals surface area contributed by atoms with Crippen LogP contribution < -0.4 is 5.32 Å². The lowest BCUT2D eigenvalue weighted by atomic mass is 10.2. The molecule has 0 aliphatic carbocycles. The average Bonchev–Trinajstić information content (AvgIpc) is 3.46. The first-order valence-corrected chi connectivity index (χ1v) is 10.6. The highest BCUT2D eigenvalue weighted by atomic mass is 32.1. The molecule has 1 fully saturated rings. The number of carbonyl (C=O) groups is 1. The van der Waals surface area contributed by atoms with Gasteiger partial charge >= 0.3 is 0 Å². The molecule has 1 aromatic carbocycles. The Morgan fingerprint density at radius 1 is 1.21 bits per heavy atom. The number of benzene rings is 1. The van der Waals surface area contributed by atoms with Crippen LogP contribution in [0.1, 0.15) is 16.5 Å². The van der Waals surface area contributed by atoms with Crippen LogP contribution >= 0.6 is 11.3 Å². The summed E-state index contributed by atoms with van der Waals surface area (Å²) in [6, 6.07) is 14.3. The lowest BCUT2D eigenvalue weighted by molar-refractivity contribution is -0.116. The number of para-hydroxylation sites is 1. The highest BCUT2D eigenvalue weighted by Gasteiger charge is 2.23. The maximum atomic E-state index is 12.4. The van der Waals surface area contributed by atoms with Crippen molar-refractivity contribution >= 4 is 23.3 Å². The van der Waals surface area contributed by atoms with E-state index in [1.165, 1.54) is 4.88 Å². The third kappa shape index (κ3) is 5.20. The Morgan fingerprint density at radius 3 is 2.79 bits per heavy atom. The summed E-state index contributed by atoms with van der Waals surface area (Å²) in [4.78, 5) is 16.0. The van der Waals surface area contributed by atoms with Gasteiger partial charge in [-0.2, -0.15) is 5.10 Å². The molecule has 1 saturated heterocycles. The molecule has 4 rings (SSSR count). The second-order valence-electron chi connectivity index (χ2n) is 6.81. The summed E-state index contributed by atoms with van der Waals surface area (Å²) < 4.78 is 7.26. The van der Waals surface area contributed by atoms with E-state index in [0.717, 1.165) is 37.6 Å². The summed E-state index contributed by atoms with van der Waals surface area (Å²) in [5.41, 5.74) is 1.87. The normalized spacial score (nSPS) is 16.1. The van der Waals surface area contributed by atoms with Crippen molar-refractivity contribution in [3.63, 3.8) is 0 Å². The van der Waals surface area contributed by atoms with Gasteiger partial charge in [0.1, 0.15) is 0 Å². The molecule has 3 heterocycles. The van der Waals surface area contributed by atoms with E-state index in [1.54, 1.807) is 34.4 Å². The van der Waals surface area contributed by atoms with Crippen LogP contribution in [0.2, 0.25) is 0 Å². The number of ether oxygens (including phenoxy) is 1. The number of rotatable bonds is 7. The lowest BCUT2D eigenvalue weighted by Gasteiger charge is -2.34. The largest absolute Gasteiger partial charge is 0.379 e. The number of thiophene rings is 1. The molecule has 0 spiro atoms. The van der Waals surface area contributed by atoms with Crippen LogP contribution in [0.5, 0.6) is 0 Å². The van der Waals surface area contributed by atoms with Crippen molar-refractivity contribution in [1.82, 2.24) is 20.0 Å². The molecular formula is C22H24N4O2S. The van der Waals surface area contributed by atoms with E-state index in [2.05, 4.69) is 32.8 Å². The van der Waals surface area contributed by atoms with E-state index in [-0.39, 0.29) is 11.9 Å². The second kappa shape index (κ2) is 9.65. The number of amides is 1. The number of hydrogen-bond acceptors (Lipinski definition) is 5. The quantitative estimate of drug-likeness (QED) is 0.610. The fraction of sp³-hybridized carbons (Fsp3) is 0.273. The zero-order chi connectivity index (χ0) is 19.9. The molecule has 3 aromatic rings. The summed E-state index contributed by atoms with van der Waals surface area (Å²) in [7, 11) is 0. The third-order valence-corrected chi connectivity index (χ3v) is 5.85. The number of hydrogen-bond donors (Lipinski definition) is 1. The van der Waals surface area contributed by atoms with Crippen molar-refractivity contribution in [1.29, 1.82) is 0 Å². The number of nitrogens with one attached hydrogen (secondary N) is 1. The van der Waals surface area contributed by atoms with E-state index < -0.39 is 0 Å². The van der Waals surface area contributed by atoms with E-state index in [1.807, 2.05) is 36.5 Å². The summed E-state index contributed by atoms with van der Waals surface area (Å²) in [5.74, 6) is -0.104. The molecule has 0 bridgehead atoms. The standard InChI is InChI=1S/C22H24N4O2S/c27-22(9-8-18-15-24-26(17-18)19-5-2-1-3-6-19)23-16-20(21-7-4-14-29-21)25-10-12-28-13-11-25/h1-9,14-15,17,20H,10-13,16H2,(H,23,27)/b9-8+. The number of carbonyl (C=O) groups excluding carboxylic acids is 1. The lowest BCUT2D eigenvalue weighted by Crippen LogP contribution is -2.43. The summed E-state index contributed by atoms with van der Waals surface area (Å²) >= 11 is 1.72. The van der Waals surface area contributed by atoms with Crippen LogP contribution in [0.3, 0.4) is 0 Å². The summed E-state index contributed by atoms with van der Waals surface area (Å²) in [5, 5.41) is 9.48. The molecule has 1 aliphatic heterocycles. The van der Waals surface area contributed by atoms with Gasteiger partial charge in [0, 0.05) is 42.3 Å². The molecule has 1 N–H and O–H groups in total. The second-order valence-corrected chi connectivity index (χ2v) is 7.79. The highest BCUT2D eigenvalue weighted by molar-refractivity contribution is 7.10. The monoisotopic (exact) mass is 408 g/mol. The van der Waals surface area contributed by atoms with Crippen LogP contribution in [0.25, 0.3) is 11.8 Å². The Balaban J connectivity index is 1.35. The van der Waals surface area contributed by atoms with Gasteiger partial charge in [0.15, 0.2) is 0 Å². The van der Waals surface area contributed by atoms with Crippen LogP contribution in [0.4, 0.5) is 0 Å². The van der Waals surface area contributed by atoms with Crippen LogP contribution in [-0.4, -0.2) is 53.4 Å². The van der Waals surface area contributed by atoms with Gasteiger partial charge in [-0.1, -0.05) is 24.3 Å². The van der Waals surface area contributed by atoms with Gasteiger partial charge in [-0.25, -0.2) is 4.68 Å². The molecule has 7 heteroatoms. The fourth-order valence-electron chi connectivity index (χ4n) is 3.35. The first-order valence-electron chi connectivity index (χ1n) is 9.71. The van der Waals surface area contributed by atoms with Gasteiger partial charge in [-0.15, -0.1) is 11.3 Å². The van der Waals surface area contributed by atoms with Gasteiger partial charge in [0.2, 0.25) is 5.91 Å². The van der Waals surface area contributed by atoms with Crippen molar-refractivity contribution < 1.29 is 9.53 Å². The van der Waals surface area contributed by atoms with E-state index >= 15 is 0 Å². The summed E-state index contributed by atoms with van der Waals surface area (Å²) in [6.45, 7) is 3.81. The molecule has 1 aliphatic rings. The maximum Gasteiger partial charge on any atom is 0.244 e. The molecule has 1 amide bonds.